The van der Waals surface area contributed by atoms with Crippen molar-refractivity contribution in [3.63, 3.8) is 0 Å². The van der Waals surface area contributed by atoms with Gasteiger partial charge in [-0.2, -0.15) is 0 Å². The first-order chi connectivity index (χ1) is 31.0. The summed E-state index contributed by atoms with van der Waals surface area (Å²) < 4.78 is 0. The second-order valence-electron chi connectivity index (χ2n) is 17.6. The van der Waals surface area contributed by atoms with E-state index in [1.165, 1.54) is 94.3 Å². The molecule has 10 aromatic rings. The van der Waals surface area contributed by atoms with Gasteiger partial charge in [-0.1, -0.05) is 214 Å². The van der Waals surface area contributed by atoms with E-state index >= 15 is 0 Å². The molecule has 0 unspecified atom stereocenters. The molecule has 1 heteroatoms. The molecule has 63 heavy (non-hydrogen) atoms. The van der Waals surface area contributed by atoms with Crippen LogP contribution >= 0.6 is 0 Å². The summed E-state index contributed by atoms with van der Waals surface area (Å²) in [6, 6.07) is 87.7. The van der Waals surface area contributed by atoms with Crippen molar-refractivity contribution >= 4 is 27.8 Å². The molecule has 0 aromatic heterocycles. The Morgan fingerprint density at radius 3 is 1.65 bits per heavy atom. The van der Waals surface area contributed by atoms with Crippen molar-refractivity contribution in [1.82, 2.24) is 0 Å². The van der Waals surface area contributed by atoms with Crippen LogP contribution in [0.25, 0.3) is 55.3 Å². The molecule has 2 aliphatic carbocycles. The number of anilines is 3. The average molecular weight is 804 g/mol. The van der Waals surface area contributed by atoms with Gasteiger partial charge in [0, 0.05) is 16.8 Å². The summed E-state index contributed by atoms with van der Waals surface area (Å²) >= 11 is 0. The number of rotatable bonds is 7. The van der Waals surface area contributed by atoms with Crippen LogP contribution in [0.2, 0.25) is 0 Å². The van der Waals surface area contributed by atoms with Gasteiger partial charge >= 0.3 is 0 Å². The van der Waals surface area contributed by atoms with Crippen molar-refractivity contribution < 1.29 is 0 Å². The monoisotopic (exact) mass is 803 g/mol. The smallest absolute Gasteiger partial charge is 0.0713 e. The van der Waals surface area contributed by atoms with Crippen molar-refractivity contribution in [2.75, 3.05) is 4.90 Å². The lowest BCUT2D eigenvalue weighted by Gasteiger charge is -2.34. The van der Waals surface area contributed by atoms with E-state index < -0.39 is 5.41 Å². The topological polar surface area (TPSA) is 3.24 Å². The van der Waals surface area contributed by atoms with Gasteiger partial charge in [-0.05, 0) is 125 Å². The lowest BCUT2D eigenvalue weighted by atomic mass is 9.67. The molecule has 10 aromatic carbocycles. The molecule has 0 radical (unpaired) electrons. The quantitative estimate of drug-likeness (QED) is 0.155. The van der Waals surface area contributed by atoms with Gasteiger partial charge in [-0.25, -0.2) is 0 Å². The minimum absolute atomic E-state index is 0.194. The molecule has 12 rings (SSSR count). The molecule has 2 aliphatic rings. The molecule has 0 aliphatic heterocycles. The summed E-state index contributed by atoms with van der Waals surface area (Å²) in [7, 11) is 0. The van der Waals surface area contributed by atoms with E-state index in [1.54, 1.807) is 0 Å². The third kappa shape index (κ3) is 5.63. The zero-order chi connectivity index (χ0) is 42.1. The SMILES string of the molecule is CC1(C)c2ccccc2-c2cccc(N(c3ccc(-c4ccc5c(c4)C(c4ccccc4)(c4ccccc4)c4ccccc4-5)cc3)c3cccc(-c4cccc5ccccc45)c3)c21. The highest BCUT2D eigenvalue weighted by atomic mass is 15.1. The first-order valence-corrected chi connectivity index (χ1v) is 22.1. The number of hydrogen-bond acceptors (Lipinski definition) is 1. The van der Waals surface area contributed by atoms with Gasteiger partial charge in [-0.15, -0.1) is 0 Å². The van der Waals surface area contributed by atoms with E-state index in [0.29, 0.717) is 0 Å². The number of fused-ring (bicyclic) bond motifs is 7. The van der Waals surface area contributed by atoms with E-state index in [1.807, 2.05) is 0 Å². The van der Waals surface area contributed by atoms with Crippen LogP contribution in [0.1, 0.15) is 47.2 Å². The van der Waals surface area contributed by atoms with E-state index in [0.717, 1.165) is 11.4 Å². The normalized spacial score (nSPS) is 13.8. The summed E-state index contributed by atoms with van der Waals surface area (Å²) in [6.07, 6.45) is 0. The average Bonchev–Trinajstić information content (AvgIpc) is 3.78. The number of hydrogen-bond donors (Lipinski definition) is 0. The van der Waals surface area contributed by atoms with Crippen molar-refractivity contribution in [3.05, 3.63) is 270 Å². The van der Waals surface area contributed by atoms with Crippen molar-refractivity contribution in [2.24, 2.45) is 0 Å². The predicted octanol–water partition coefficient (Wildman–Crippen LogP) is 16.3. The summed E-state index contributed by atoms with van der Waals surface area (Å²) in [6.45, 7) is 4.76. The lowest BCUT2D eigenvalue weighted by molar-refractivity contribution is 0.661. The molecule has 0 N–H and O–H groups in total. The minimum Gasteiger partial charge on any atom is -0.310 e. The molecule has 0 spiro atoms. The van der Waals surface area contributed by atoms with Gasteiger partial charge in [-0.3, -0.25) is 0 Å². The van der Waals surface area contributed by atoms with Crippen LogP contribution in [0, 0.1) is 0 Å². The highest BCUT2D eigenvalue weighted by Crippen LogP contribution is 2.57. The molecular weight excluding hydrogens is 759 g/mol. The van der Waals surface area contributed by atoms with Gasteiger partial charge in [0.25, 0.3) is 0 Å². The summed E-state index contributed by atoms with van der Waals surface area (Å²) in [5.41, 5.74) is 20.7. The molecule has 0 bridgehead atoms. The fourth-order valence-corrected chi connectivity index (χ4v) is 11.1. The maximum absolute atomic E-state index is 2.49. The second-order valence-corrected chi connectivity index (χ2v) is 17.6. The van der Waals surface area contributed by atoms with E-state index in [-0.39, 0.29) is 5.41 Å². The third-order valence-corrected chi connectivity index (χ3v) is 13.9. The summed E-state index contributed by atoms with van der Waals surface area (Å²) in [5, 5.41) is 2.50. The van der Waals surface area contributed by atoms with E-state index in [2.05, 4.69) is 255 Å². The fraction of sp³-hybridized carbons (Fsp3) is 0.0645. The predicted molar refractivity (Wildman–Crippen MR) is 264 cm³/mol. The Bertz CT molecular complexity index is 3310. The molecule has 0 saturated heterocycles. The van der Waals surface area contributed by atoms with Crippen molar-refractivity contribution in [1.29, 1.82) is 0 Å². The van der Waals surface area contributed by atoms with Gasteiger partial charge in [0.15, 0.2) is 0 Å². The third-order valence-electron chi connectivity index (χ3n) is 13.9. The molecule has 0 amide bonds. The number of nitrogens with zero attached hydrogens (tertiary/aromatic N) is 1. The summed E-state index contributed by atoms with van der Waals surface area (Å²) in [5.74, 6) is 0. The Balaban J connectivity index is 1.02. The van der Waals surface area contributed by atoms with E-state index in [4.69, 9.17) is 0 Å². The highest BCUT2D eigenvalue weighted by molar-refractivity contribution is 5.98. The standard InChI is InChI=1S/C62H45N/c1-61(2)56-31-13-11-28-53(56)55-30-17-33-59(60(55)61)63(49-25-15-20-45(40-49)51-29-16-19-43-18-9-10-26-50(43)51)48-37-34-42(35-38-48)44-36-39-54-52-27-12-14-32-57(52)62(58(54)41-44,46-21-5-3-6-22-46)47-23-7-4-8-24-47/h3-41H,1-2H3. The lowest BCUT2D eigenvalue weighted by Crippen LogP contribution is -2.28. The molecular formula is C62H45N. The van der Waals surface area contributed by atoms with Crippen LogP contribution in [-0.4, -0.2) is 0 Å². The Hall–Kier alpha value is -7.74. The van der Waals surface area contributed by atoms with Gasteiger partial charge in [0.05, 0.1) is 11.1 Å². The zero-order valence-electron chi connectivity index (χ0n) is 35.5. The molecule has 1 nitrogen and oxygen atoms in total. The molecule has 0 saturated carbocycles. The Morgan fingerprint density at radius 2 is 0.889 bits per heavy atom. The van der Waals surface area contributed by atoms with Crippen LogP contribution in [0.4, 0.5) is 17.1 Å². The summed E-state index contributed by atoms with van der Waals surface area (Å²) in [4.78, 5) is 2.49. The van der Waals surface area contributed by atoms with Crippen molar-refractivity contribution in [3.8, 4) is 44.5 Å². The van der Waals surface area contributed by atoms with E-state index in [9.17, 15) is 0 Å². The maximum atomic E-state index is 2.49. The Morgan fingerprint density at radius 1 is 0.333 bits per heavy atom. The van der Waals surface area contributed by atoms with Gasteiger partial charge in [0.2, 0.25) is 0 Å². The zero-order valence-corrected chi connectivity index (χ0v) is 35.5. The van der Waals surface area contributed by atoms with Crippen molar-refractivity contribution in [2.45, 2.75) is 24.7 Å². The van der Waals surface area contributed by atoms with Crippen LogP contribution in [-0.2, 0) is 10.8 Å². The second kappa shape index (κ2) is 14.4. The maximum Gasteiger partial charge on any atom is 0.0713 e. The Kier molecular flexibility index (Phi) is 8.49. The minimum atomic E-state index is -0.450. The molecule has 0 fully saturated rings. The first kappa shape index (κ1) is 37.1. The van der Waals surface area contributed by atoms with Crippen LogP contribution in [0.3, 0.4) is 0 Å². The molecule has 298 valence electrons. The first-order valence-electron chi connectivity index (χ1n) is 22.1. The number of benzene rings is 10. The molecule has 0 atom stereocenters. The van der Waals surface area contributed by atoms with Gasteiger partial charge in [0.1, 0.15) is 0 Å². The highest BCUT2D eigenvalue weighted by Gasteiger charge is 2.46. The largest absolute Gasteiger partial charge is 0.310 e. The van der Waals surface area contributed by atoms with Crippen LogP contribution in [0.15, 0.2) is 237 Å². The van der Waals surface area contributed by atoms with Gasteiger partial charge < -0.3 is 4.90 Å². The fourth-order valence-electron chi connectivity index (χ4n) is 11.1. The molecule has 0 heterocycles. The Labute approximate surface area is 370 Å². The van der Waals surface area contributed by atoms with Crippen LogP contribution in [0.5, 0.6) is 0 Å². The van der Waals surface area contributed by atoms with Crippen LogP contribution < -0.4 is 4.90 Å².